The molecule has 0 bridgehead atoms. The van der Waals surface area contributed by atoms with Gasteiger partial charge in [0.1, 0.15) is 11.5 Å². The van der Waals surface area contributed by atoms with Crippen molar-refractivity contribution in [2.45, 2.75) is 6.92 Å². The van der Waals surface area contributed by atoms with Crippen molar-refractivity contribution in [3.05, 3.63) is 58.1 Å². The quantitative estimate of drug-likeness (QED) is 0.713. The Labute approximate surface area is 141 Å². The number of hydrazine groups is 1. The van der Waals surface area contributed by atoms with E-state index in [1.165, 1.54) is 12.1 Å². The lowest BCUT2D eigenvalue weighted by Crippen LogP contribution is -2.41. The Kier molecular flexibility index (Phi) is 5.59. The van der Waals surface area contributed by atoms with Crippen molar-refractivity contribution < 1.29 is 19.4 Å². The lowest BCUT2D eigenvalue weighted by atomic mass is 10.2. The lowest BCUT2D eigenvalue weighted by molar-refractivity contribution is 0.0845. The fraction of sp³-hybridized carbons (Fsp3) is 0.125. The number of aromatic hydroxyl groups is 1. The van der Waals surface area contributed by atoms with Gasteiger partial charge in [-0.1, -0.05) is 15.9 Å². The normalized spacial score (nSPS) is 10.0. The first kappa shape index (κ1) is 16.8. The van der Waals surface area contributed by atoms with Crippen LogP contribution in [0.1, 0.15) is 27.6 Å². The van der Waals surface area contributed by atoms with Crippen LogP contribution in [0.5, 0.6) is 11.5 Å². The van der Waals surface area contributed by atoms with E-state index in [9.17, 15) is 14.7 Å². The molecule has 2 aromatic rings. The van der Waals surface area contributed by atoms with Crippen LogP contribution in [0.2, 0.25) is 0 Å². The highest BCUT2D eigenvalue weighted by Gasteiger charge is 2.13. The van der Waals surface area contributed by atoms with Gasteiger partial charge >= 0.3 is 0 Å². The molecule has 0 heterocycles. The van der Waals surface area contributed by atoms with Crippen molar-refractivity contribution in [2.75, 3.05) is 6.61 Å². The van der Waals surface area contributed by atoms with Gasteiger partial charge in [0.15, 0.2) is 0 Å². The molecule has 0 fully saturated rings. The molecule has 0 spiro atoms. The molecule has 0 saturated carbocycles. The number of ether oxygens (including phenoxy) is 1. The summed E-state index contributed by atoms with van der Waals surface area (Å²) in [5.41, 5.74) is 4.96. The number of hydrogen-bond donors (Lipinski definition) is 3. The summed E-state index contributed by atoms with van der Waals surface area (Å²) in [7, 11) is 0. The number of rotatable bonds is 4. The summed E-state index contributed by atoms with van der Waals surface area (Å²) >= 11 is 3.21. The molecular weight excluding hydrogens is 364 g/mol. The summed E-state index contributed by atoms with van der Waals surface area (Å²) in [5, 5.41) is 9.66. The first-order valence-corrected chi connectivity index (χ1v) is 7.62. The smallest absolute Gasteiger partial charge is 0.273 e. The van der Waals surface area contributed by atoms with Crippen molar-refractivity contribution in [3.63, 3.8) is 0 Å². The summed E-state index contributed by atoms with van der Waals surface area (Å²) in [6, 6.07) is 10.9. The monoisotopic (exact) mass is 378 g/mol. The van der Waals surface area contributed by atoms with Gasteiger partial charge in [-0.25, -0.2) is 0 Å². The van der Waals surface area contributed by atoms with E-state index in [4.69, 9.17) is 4.74 Å². The van der Waals surface area contributed by atoms with Crippen LogP contribution in [0.25, 0.3) is 0 Å². The molecule has 0 atom stereocenters. The van der Waals surface area contributed by atoms with Gasteiger partial charge in [0.2, 0.25) is 0 Å². The van der Waals surface area contributed by atoms with Gasteiger partial charge in [0.05, 0.1) is 12.2 Å². The number of amides is 2. The third kappa shape index (κ3) is 4.46. The number of hydrogen-bond acceptors (Lipinski definition) is 4. The molecule has 3 N–H and O–H groups in total. The maximum Gasteiger partial charge on any atom is 0.273 e. The van der Waals surface area contributed by atoms with Crippen LogP contribution in [-0.4, -0.2) is 23.5 Å². The third-order valence-corrected chi connectivity index (χ3v) is 3.41. The maximum absolute atomic E-state index is 12.0. The second-order valence-electron chi connectivity index (χ2n) is 4.53. The van der Waals surface area contributed by atoms with Gasteiger partial charge < -0.3 is 9.84 Å². The van der Waals surface area contributed by atoms with E-state index in [0.717, 1.165) is 0 Å². The topological polar surface area (TPSA) is 87.7 Å². The fourth-order valence-electron chi connectivity index (χ4n) is 1.81. The molecule has 7 heteroatoms. The zero-order chi connectivity index (χ0) is 16.8. The minimum atomic E-state index is -0.622. The van der Waals surface area contributed by atoms with Gasteiger partial charge in [-0.2, -0.15) is 0 Å². The largest absolute Gasteiger partial charge is 0.507 e. The van der Waals surface area contributed by atoms with Crippen LogP contribution >= 0.6 is 15.9 Å². The molecule has 0 saturated heterocycles. The van der Waals surface area contributed by atoms with E-state index in [1.54, 1.807) is 30.3 Å². The van der Waals surface area contributed by atoms with E-state index >= 15 is 0 Å². The van der Waals surface area contributed by atoms with Crippen LogP contribution in [0.3, 0.4) is 0 Å². The van der Waals surface area contributed by atoms with Crippen LogP contribution in [0, 0.1) is 0 Å². The lowest BCUT2D eigenvalue weighted by Gasteiger charge is -2.09. The average molecular weight is 379 g/mol. The number of nitrogens with one attached hydrogen (secondary N) is 2. The van der Waals surface area contributed by atoms with Crippen LogP contribution < -0.4 is 15.6 Å². The Morgan fingerprint density at radius 1 is 1.09 bits per heavy atom. The van der Waals surface area contributed by atoms with E-state index < -0.39 is 11.8 Å². The Hall–Kier alpha value is -2.54. The SMILES string of the molecule is CCOc1ccc(C(=O)NNC(=O)c2cc(Br)ccc2O)cc1. The fourth-order valence-corrected chi connectivity index (χ4v) is 2.17. The van der Waals surface area contributed by atoms with Crippen molar-refractivity contribution in [1.82, 2.24) is 10.9 Å². The van der Waals surface area contributed by atoms with Crippen molar-refractivity contribution in [2.24, 2.45) is 0 Å². The zero-order valence-electron chi connectivity index (χ0n) is 12.3. The predicted molar refractivity (Wildman–Crippen MR) is 88.4 cm³/mol. The van der Waals surface area contributed by atoms with Crippen LogP contribution in [0.15, 0.2) is 46.9 Å². The van der Waals surface area contributed by atoms with Gasteiger partial charge in [0, 0.05) is 10.0 Å². The summed E-state index contributed by atoms with van der Waals surface area (Å²) in [6.45, 7) is 2.41. The number of benzene rings is 2. The summed E-state index contributed by atoms with van der Waals surface area (Å²) in [5.74, 6) is -0.618. The van der Waals surface area contributed by atoms with Crippen LogP contribution in [0.4, 0.5) is 0 Å². The highest BCUT2D eigenvalue weighted by Crippen LogP contribution is 2.21. The minimum absolute atomic E-state index is 0.0476. The molecule has 0 aliphatic heterocycles. The number of phenols is 1. The molecular formula is C16H15BrN2O4. The Bertz CT molecular complexity index is 717. The van der Waals surface area contributed by atoms with Gasteiger partial charge in [-0.05, 0) is 49.4 Å². The number of phenolic OH excluding ortho intramolecular Hbond substituents is 1. The molecule has 0 aromatic heterocycles. The van der Waals surface area contributed by atoms with Crippen molar-refractivity contribution >= 4 is 27.7 Å². The van der Waals surface area contributed by atoms with E-state index in [-0.39, 0.29) is 11.3 Å². The average Bonchev–Trinajstić information content (AvgIpc) is 2.55. The van der Waals surface area contributed by atoms with Gasteiger partial charge in [-0.15, -0.1) is 0 Å². The highest BCUT2D eigenvalue weighted by atomic mass is 79.9. The highest BCUT2D eigenvalue weighted by molar-refractivity contribution is 9.10. The standard InChI is InChI=1S/C16H15BrN2O4/c1-2-23-12-6-3-10(4-7-12)15(21)18-19-16(22)13-9-11(17)5-8-14(13)20/h3-9,20H,2H2,1H3,(H,18,21)(H,19,22). The molecule has 6 nitrogen and oxygen atoms in total. The molecule has 0 unspecified atom stereocenters. The Balaban J connectivity index is 1.98. The minimum Gasteiger partial charge on any atom is -0.507 e. The van der Waals surface area contributed by atoms with E-state index in [2.05, 4.69) is 26.8 Å². The molecule has 2 aromatic carbocycles. The first-order chi connectivity index (χ1) is 11.0. The summed E-state index contributed by atoms with van der Waals surface area (Å²) < 4.78 is 5.92. The molecule has 23 heavy (non-hydrogen) atoms. The number of carbonyl (C=O) groups is 2. The van der Waals surface area contributed by atoms with Gasteiger partial charge in [0.25, 0.3) is 11.8 Å². The maximum atomic E-state index is 12.0. The summed E-state index contributed by atoms with van der Waals surface area (Å²) in [6.07, 6.45) is 0. The van der Waals surface area contributed by atoms with E-state index in [1.807, 2.05) is 6.92 Å². The van der Waals surface area contributed by atoms with Crippen molar-refractivity contribution in [1.29, 1.82) is 0 Å². The van der Waals surface area contributed by atoms with Crippen molar-refractivity contribution in [3.8, 4) is 11.5 Å². The Morgan fingerprint density at radius 3 is 2.39 bits per heavy atom. The second-order valence-corrected chi connectivity index (χ2v) is 5.44. The molecule has 120 valence electrons. The van der Waals surface area contributed by atoms with Gasteiger partial charge in [-0.3, -0.25) is 20.4 Å². The molecule has 0 aliphatic carbocycles. The Morgan fingerprint density at radius 2 is 1.74 bits per heavy atom. The van der Waals surface area contributed by atoms with E-state index in [0.29, 0.717) is 22.4 Å². The summed E-state index contributed by atoms with van der Waals surface area (Å²) in [4.78, 5) is 23.9. The second kappa shape index (κ2) is 7.64. The molecule has 0 aliphatic rings. The zero-order valence-corrected chi connectivity index (χ0v) is 13.9. The van der Waals surface area contributed by atoms with Crippen LogP contribution in [-0.2, 0) is 0 Å². The first-order valence-electron chi connectivity index (χ1n) is 6.83. The third-order valence-electron chi connectivity index (χ3n) is 2.92. The number of halogens is 1. The number of carbonyl (C=O) groups excluding carboxylic acids is 2. The molecule has 2 amide bonds. The molecule has 2 rings (SSSR count). The molecule has 0 radical (unpaired) electrons. The predicted octanol–water partition coefficient (Wildman–Crippen LogP) is 2.63.